The Morgan fingerprint density at radius 1 is 1.11 bits per heavy atom. The molecule has 0 aliphatic heterocycles. The molecule has 2 amide bonds. The van der Waals surface area contributed by atoms with Crippen molar-refractivity contribution < 1.29 is 32.7 Å². The number of aromatic nitrogens is 1. The number of amides is 2. The Morgan fingerprint density at radius 3 is 2.39 bits per heavy atom. The van der Waals surface area contributed by atoms with E-state index < -0.39 is 23.9 Å². The van der Waals surface area contributed by atoms with Crippen molar-refractivity contribution in [3.8, 4) is 11.3 Å². The van der Waals surface area contributed by atoms with Crippen LogP contribution in [0.3, 0.4) is 0 Å². The van der Waals surface area contributed by atoms with Gasteiger partial charge in [-0.05, 0) is 42.7 Å². The molecule has 1 atom stereocenters. The molecule has 0 aliphatic rings. The predicted molar refractivity (Wildman–Crippen MR) is 127 cm³/mol. The summed E-state index contributed by atoms with van der Waals surface area (Å²) >= 11 is 0. The number of halogens is 3. The molecule has 0 saturated carbocycles. The highest BCUT2D eigenvalue weighted by Gasteiger charge is 2.33. The largest absolute Gasteiger partial charge is 0.463 e. The fraction of sp³-hybridized carbons (Fsp3) is 0.269. The van der Waals surface area contributed by atoms with Crippen LogP contribution in [0.2, 0.25) is 0 Å². The molecule has 1 aromatic heterocycles. The van der Waals surface area contributed by atoms with Crippen LogP contribution in [0.15, 0.2) is 60.7 Å². The van der Waals surface area contributed by atoms with E-state index in [0.717, 1.165) is 16.7 Å². The summed E-state index contributed by atoms with van der Waals surface area (Å²) in [6.07, 6.45) is -5.82. The third kappa shape index (κ3) is 6.60. The van der Waals surface area contributed by atoms with E-state index in [9.17, 15) is 22.8 Å². The SMILES string of the molecule is CON(Cc1ccc(C(C)C(=O)NCc2ccc(C(F)(F)F)nc2-c2cccc(C)c2)cc1)C(=O)O. The van der Waals surface area contributed by atoms with Crippen molar-refractivity contribution in [3.63, 3.8) is 0 Å². The monoisotopic (exact) mass is 501 g/mol. The first kappa shape index (κ1) is 26.7. The van der Waals surface area contributed by atoms with Gasteiger partial charge < -0.3 is 10.4 Å². The maximum atomic E-state index is 13.3. The van der Waals surface area contributed by atoms with Crippen molar-refractivity contribution in [2.45, 2.75) is 39.0 Å². The topological polar surface area (TPSA) is 91.8 Å². The molecule has 2 N–H and O–H groups in total. The van der Waals surface area contributed by atoms with Crippen LogP contribution in [-0.2, 0) is 28.9 Å². The van der Waals surface area contributed by atoms with E-state index in [-0.39, 0.29) is 24.7 Å². The van der Waals surface area contributed by atoms with Crippen molar-refractivity contribution >= 4 is 12.0 Å². The maximum absolute atomic E-state index is 13.3. The smallest absolute Gasteiger partial charge is 0.433 e. The van der Waals surface area contributed by atoms with Gasteiger partial charge in [-0.3, -0.25) is 9.63 Å². The number of benzene rings is 2. The average molecular weight is 502 g/mol. The summed E-state index contributed by atoms with van der Waals surface area (Å²) in [5.41, 5.74) is 2.38. The summed E-state index contributed by atoms with van der Waals surface area (Å²) in [6, 6.07) is 16.1. The molecule has 3 rings (SSSR count). The highest BCUT2D eigenvalue weighted by Crippen LogP contribution is 2.31. The lowest BCUT2D eigenvalue weighted by Gasteiger charge is -2.17. The molecule has 0 radical (unpaired) electrons. The number of alkyl halides is 3. The number of carbonyl (C=O) groups excluding carboxylic acids is 1. The quantitative estimate of drug-likeness (QED) is 0.396. The van der Waals surface area contributed by atoms with Crippen LogP contribution in [0.1, 0.15) is 40.8 Å². The first-order valence-corrected chi connectivity index (χ1v) is 11.0. The summed E-state index contributed by atoms with van der Waals surface area (Å²) in [4.78, 5) is 32.5. The Balaban J connectivity index is 1.75. The Hall–Kier alpha value is -3.92. The third-order valence-corrected chi connectivity index (χ3v) is 5.65. The van der Waals surface area contributed by atoms with Crippen LogP contribution >= 0.6 is 0 Å². The van der Waals surface area contributed by atoms with Gasteiger partial charge in [0.25, 0.3) is 0 Å². The number of carbonyl (C=O) groups is 2. The highest BCUT2D eigenvalue weighted by molar-refractivity contribution is 5.83. The van der Waals surface area contributed by atoms with Crippen molar-refractivity contribution in [3.05, 3.63) is 88.6 Å². The minimum Gasteiger partial charge on any atom is -0.463 e. The summed E-state index contributed by atoms with van der Waals surface area (Å²) < 4.78 is 39.9. The molecule has 2 aromatic carbocycles. The number of nitrogens with one attached hydrogen (secondary N) is 1. The molecule has 1 heterocycles. The van der Waals surface area contributed by atoms with Crippen LogP contribution in [0.25, 0.3) is 11.3 Å². The Morgan fingerprint density at radius 2 is 1.81 bits per heavy atom. The highest BCUT2D eigenvalue weighted by atomic mass is 19.4. The number of hydroxylamine groups is 2. The van der Waals surface area contributed by atoms with Gasteiger partial charge in [-0.15, -0.1) is 0 Å². The van der Waals surface area contributed by atoms with Gasteiger partial charge in [0.05, 0.1) is 25.3 Å². The Kier molecular flexibility index (Phi) is 8.31. The molecular formula is C26H26F3N3O4. The lowest BCUT2D eigenvalue weighted by molar-refractivity contribution is -0.141. The molecular weight excluding hydrogens is 475 g/mol. The molecule has 0 saturated heterocycles. The van der Waals surface area contributed by atoms with E-state index in [4.69, 9.17) is 9.94 Å². The van der Waals surface area contributed by atoms with Gasteiger partial charge in [0.2, 0.25) is 5.91 Å². The summed E-state index contributed by atoms with van der Waals surface area (Å²) in [6.45, 7) is 3.56. The Labute approximate surface area is 206 Å². The van der Waals surface area contributed by atoms with Crippen molar-refractivity contribution in [2.75, 3.05) is 7.11 Å². The van der Waals surface area contributed by atoms with Gasteiger partial charge in [-0.2, -0.15) is 18.2 Å². The number of hydrogen-bond acceptors (Lipinski definition) is 4. The number of carboxylic acid groups (broad SMARTS) is 1. The van der Waals surface area contributed by atoms with Gasteiger partial charge in [0, 0.05) is 12.1 Å². The van der Waals surface area contributed by atoms with Crippen LogP contribution in [0, 0.1) is 6.92 Å². The normalized spacial score (nSPS) is 12.2. The number of nitrogens with zero attached hydrogens (tertiary/aromatic N) is 2. The number of rotatable bonds is 8. The lowest BCUT2D eigenvalue weighted by atomic mass is 9.98. The molecule has 3 aromatic rings. The van der Waals surface area contributed by atoms with Gasteiger partial charge >= 0.3 is 12.3 Å². The van der Waals surface area contributed by atoms with Crippen LogP contribution in [0.5, 0.6) is 0 Å². The van der Waals surface area contributed by atoms with Crippen molar-refractivity contribution in [1.82, 2.24) is 15.4 Å². The van der Waals surface area contributed by atoms with Crippen molar-refractivity contribution in [2.24, 2.45) is 0 Å². The number of aryl methyl sites for hydroxylation is 1. The van der Waals surface area contributed by atoms with Gasteiger partial charge in [-0.25, -0.2) is 9.78 Å². The average Bonchev–Trinajstić information content (AvgIpc) is 2.84. The predicted octanol–water partition coefficient (Wildman–Crippen LogP) is 5.54. The second kappa shape index (κ2) is 11.2. The minimum atomic E-state index is -4.59. The first-order chi connectivity index (χ1) is 17.0. The summed E-state index contributed by atoms with van der Waals surface area (Å²) in [5.74, 6) is -0.872. The molecule has 0 aliphatic carbocycles. The zero-order valence-electron chi connectivity index (χ0n) is 20.0. The first-order valence-electron chi connectivity index (χ1n) is 11.0. The second-order valence-electron chi connectivity index (χ2n) is 8.25. The molecule has 0 fully saturated rings. The van der Waals surface area contributed by atoms with Crippen LogP contribution in [-0.4, -0.2) is 34.3 Å². The van der Waals surface area contributed by atoms with E-state index >= 15 is 0 Å². The molecule has 36 heavy (non-hydrogen) atoms. The van der Waals surface area contributed by atoms with E-state index in [1.807, 2.05) is 13.0 Å². The molecule has 10 heteroatoms. The number of hydrogen-bond donors (Lipinski definition) is 2. The van der Waals surface area contributed by atoms with E-state index in [0.29, 0.717) is 22.3 Å². The van der Waals surface area contributed by atoms with Crippen molar-refractivity contribution in [1.29, 1.82) is 0 Å². The fourth-order valence-corrected chi connectivity index (χ4v) is 3.61. The van der Waals surface area contributed by atoms with Gasteiger partial charge in [0.1, 0.15) is 5.69 Å². The molecule has 0 bridgehead atoms. The van der Waals surface area contributed by atoms with E-state index in [1.165, 1.54) is 13.2 Å². The van der Waals surface area contributed by atoms with Gasteiger partial charge in [0.15, 0.2) is 0 Å². The summed E-state index contributed by atoms with van der Waals surface area (Å²) in [5, 5.41) is 12.6. The molecule has 1 unspecified atom stereocenters. The Bertz CT molecular complexity index is 1230. The van der Waals surface area contributed by atoms with Crippen LogP contribution in [0.4, 0.5) is 18.0 Å². The second-order valence-corrected chi connectivity index (χ2v) is 8.25. The summed E-state index contributed by atoms with van der Waals surface area (Å²) in [7, 11) is 1.26. The van der Waals surface area contributed by atoms with E-state index in [2.05, 4.69) is 10.3 Å². The third-order valence-electron chi connectivity index (χ3n) is 5.65. The number of pyridine rings is 1. The van der Waals surface area contributed by atoms with Crippen LogP contribution < -0.4 is 5.32 Å². The van der Waals surface area contributed by atoms with Gasteiger partial charge in [-0.1, -0.05) is 54.1 Å². The molecule has 190 valence electrons. The molecule has 0 spiro atoms. The maximum Gasteiger partial charge on any atom is 0.433 e. The zero-order chi connectivity index (χ0) is 26.5. The fourth-order valence-electron chi connectivity index (χ4n) is 3.61. The standard InChI is InChI=1S/C26H26F3N3O4/c1-16-5-4-6-20(13-16)23-21(11-12-22(31-23)26(27,28)29)14-30-24(33)17(2)19-9-7-18(8-10-19)15-32(36-3)25(34)35/h4-13,17H,14-15H2,1-3H3,(H,30,33)(H,34,35). The lowest BCUT2D eigenvalue weighted by Crippen LogP contribution is -2.28. The zero-order valence-corrected chi connectivity index (χ0v) is 20.0. The molecule has 7 nitrogen and oxygen atoms in total. The minimum absolute atomic E-state index is 0.00290. The van der Waals surface area contributed by atoms with E-state index in [1.54, 1.807) is 49.4 Å².